The fourth-order valence-corrected chi connectivity index (χ4v) is 4.61. The molecule has 0 saturated heterocycles. The molecule has 0 fully saturated rings. The van der Waals surface area contributed by atoms with Crippen molar-refractivity contribution in [1.29, 1.82) is 0 Å². The van der Waals surface area contributed by atoms with Gasteiger partial charge in [0.05, 0.1) is 25.4 Å². The van der Waals surface area contributed by atoms with Gasteiger partial charge < -0.3 is 30.8 Å². The molecule has 0 amide bonds. The van der Waals surface area contributed by atoms with Crippen LogP contribution in [0.15, 0.2) is 78.9 Å². The summed E-state index contributed by atoms with van der Waals surface area (Å²) in [6.45, 7) is 2.32. The Hall–Kier alpha value is -5.12. The zero-order valence-corrected chi connectivity index (χ0v) is 25.4. The van der Waals surface area contributed by atoms with Crippen LogP contribution in [0.1, 0.15) is 59.7 Å². The Morgan fingerprint density at radius 2 is 1.22 bits per heavy atom. The van der Waals surface area contributed by atoms with Crippen molar-refractivity contribution in [3.05, 3.63) is 101 Å². The molecule has 0 aromatic heterocycles. The van der Waals surface area contributed by atoms with Crippen LogP contribution in [0.2, 0.25) is 0 Å². The SMILES string of the molecule is CCOC(=O)C=Cc1ccc(C(=O)OCCCCCCOC(=O)C(Cc2ccc(N)cc2)(Cc2ccc(N)cc2)C(=O)O)cc1. The standard InChI is InChI=1S/C35H40N2O8/c1-2-43-31(38)20-13-25-7-14-28(15-8-25)32(39)44-21-5-3-4-6-22-45-34(42)35(33(40)41,23-26-9-16-29(36)17-10-26)24-27-11-18-30(37)19-12-27/h7-20H,2-6,21-24,36-37H2,1H3,(H,40,41). The number of carboxylic acid groups (broad SMARTS) is 1. The normalized spacial score (nSPS) is 11.2. The fraction of sp³-hybridized carbons (Fsp3) is 0.314. The second-order valence-electron chi connectivity index (χ2n) is 10.6. The first-order chi connectivity index (χ1) is 21.6. The number of nitrogens with two attached hydrogens (primary N) is 2. The van der Waals surface area contributed by atoms with Gasteiger partial charge in [-0.15, -0.1) is 0 Å². The number of rotatable bonds is 17. The molecule has 0 bridgehead atoms. The topological polar surface area (TPSA) is 168 Å². The number of nitrogen functional groups attached to an aromatic ring is 2. The molecule has 0 atom stereocenters. The Morgan fingerprint density at radius 3 is 1.71 bits per heavy atom. The molecule has 0 aliphatic carbocycles. The van der Waals surface area contributed by atoms with Gasteiger partial charge in [0.15, 0.2) is 5.41 Å². The number of esters is 3. The quantitative estimate of drug-likeness (QED) is 0.0455. The second kappa shape index (κ2) is 17.2. The number of carbonyl (C=O) groups excluding carboxylic acids is 3. The Balaban J connectivity index is 1.45. The first-order valence-electron chi connectivity index (χ1n) is 14.8. The number of hydrogen-bond donors (Lipinski definition) is 3. The van der Waals surface area contributed by atoms with E-state index in [0.29, 0.717) is 53.9 Å². The number of benzene rings is 3. The van der Waals surface area contributed by atoms with Gasteiger partial charge in [0.1, 0.15) is 0 Å². The number of aliphatic carboxylic acids is 1. The van der Waals surface area contributed by atoms with Crippen LogP contribution in [0.5, 0.6) is 0 Å². The van der Waals surface area contributed by atoms with E-state index in [2.05, 4.69) is 0 Å². The highest BCUT2D eigenvalue weighted by Crippen LogP contribution is 2.31. The van der Waals surface area contributed by atoms with E-state index in [0.717, 1.165) is 12.0 Å². The molecular formula is C35H40N2O8. The van der Waals surface area contributed by atoms with Gasteiger partial charge >= 0.3 is 23.9 Å². The molecule has 10 nitrogen and oxygen atoms in total. The average Bonchev–Trinajstić information content (AvgIpc) is 3.03. The number of carbonyl (C=O) groups is 4. The number of hydrogen-bond acceptors (Lipinski definition) is 9. The first kappa shape index (κ1) is 34.4. The molecule has 10 heteroatoms. The number of carboxylic acids is 1. The summed E-state index contributed by atoms with van der Waals surface area (Å²) in [7, 11) is 0. The largest absolute Gasteiger partial charge is 0.480 e. The minimum absolute atomic E-state index is 0.0636. The molecule has 0 aliphatic rings. The number of ether oxygens (including phenoxy) is 3. The van der Waals surface area contributed by atoms with Crippen LogP contribution in [0.3, 0.4) is 0 Å². The highest BCUT2D eigenvalue weighted by molar-refractivity contribution is 6.00. The molecule has 0 radical (unpaired) electrons. The summed E-state index contributed by atoms with van der Waals surface area (Å²) >= 11 is 0. The van der Waals surface area contributed by atoms with Crippen molar-refractivity contribution in [1.82, 2.24) is 0 Å². The van der Waals surface area contributed by atoms with Gasteiger partial charge in [0.2, 0.25) is 0 Å². The molecule has 0 aliphatic heterocycles. The number of anilines is 2. The van der Waals surface area contributed by atoms with E-state index >= 15 is 0 Å². The van der Waals surface area contributed by atoms with Crippen LogP contribution in [-0.4, -0.2) is 48.8 Å². The summed E-state index contributed by atoms with van der Waals surface area (Å²) in [5.74, 6) is -2.96. The van der Waals surface area contributed by atoms with Crippen molar-refractivity contribution in [2.75, 3.05) is 31.3 Å². The van der Waals surface area contributed by atoms with Crippen LogP contribution in [-0.2, 0) is 41.4 Å². The van der Waals surface area contributed by atoms with E-state index in [1.54, 1.807) is 85.8 Å². The highest BCUT2D eigenvalue weighted by atomic mass is 16.5. The summed E-state index contributed by atoms with van der Waals surface area (Å²) in [4.78, 5) is 49.8. The van der Waals surface area contributed by atoms with E-state index in [-0.39, 0.29) is 26.1 Å². The second-order valence-corrected chi connectivity index (χ2v) is 10.6. The first-order valence-corrected chi connectivity index (χ1v) is 14.8. The Kier molecular flexibility index (Phi) is 13.2. The predicted molar refractivity (Wildman–Crippen MR) is 171 cm³/mol. The molecule has 238 valence electrons. The maximum atomic E-state index is 13.4. The lowest BCUT2D eigenvalue weighted by Gasteiger charge is -2.28. The Bertz CT molecular complexity index is 1400. The molecule has 0 spiro atoms. The highest BCUT2D eigenvalue weighted by Gasteiger charge is 2.48. The van der Waals surface area contributed by atoms with Crippen LogP contribution in [0.25, 0.3) is 6.08 Å². The summed E-state index contributed by atoms with van der Waals surface area (Å²) in [6.07, 6.45) is 5.36. The van der Waals surface area contributed by atoms with Crippen molar-refractivity contribution >= 4 is 41.3 Å². The van der Waals surface area contributed by atoms with Crippen molar-refractivity contribution < 1.29 is 38.5 Å². The van der Waals surface area contributed by atoms with Gasteiger partial charge in [-0.3, -0.25) is 9.59 Å². The zero-order valence-electron chi connectivity index (χ0n) is 25.4. The van der Waals surface area contributed by atoms with Crippen LogP contribution in [0, 0.1) is 5.41 Å². The lowest BCUT2D eigenvalue weighted by Crippen LogP contribution is -2.44. The van der Waals surface area contributed by atoms with Crippen molar-refractivity contribution in [3.63, 3.8) is 0 Å². The summed E-state index contributed by atoms with van der Waals surface area (Å²) in [6, 6.07) is 20.1. The van der Waals surface area contributed by atoms with Crippen LogP contribution >= 0.6 is 0 Å². The summed E-state index contributed by atoms with van der Waals surface area (Å²) in [5, 5.41) is 10.3. The maximum absolute atomic E-state index is 13.4. The molecule has 3 rings (SSSR count). The van der Waals surface area contributed by atoms with E-state index in [4.69, 9.17) is 25.7 Å². The van der Waals surface area contributed by atoms with Crippen molar-refractivity contribution in [2.45, 2.75) is 45.4 Å². The van der Waals surface area contributed by atoms with Crippen LogP contribution < -0.4 is 11.5 Å². The average molecular weight is 617 g/mol. The van der Waals surface area contributed by atoms with Gasteiger partial charge in [-0.1, -0.05) is 36.4 Å². The molecule has 0 saturated carbocycles. The summed E-state index contributed by atoms with van der Waals surface area (Å²) < 4.78 is 15.7. The summed E-state index contributed by atoms with van der Waals surface area (Å²) in [5.41, 5.74) is 13.2. The van der Waals surface area contributed by atoms with Gasteiger partial charge in [0.25, 0.3) is 0 Å². The minimum atomic E-state index is -1.84. The van der Waals surface area contributed by atoms with Gasteiger partial charge in [-0.05, 0) is 105 Å². The van der Waals surface area contributed by atoms with Crippen molar-refractivity contribution in [3.8, 4) is 0 Å². The molecule has 0 unspecified atom stereocenters. The van der Waals surface area contributed by atoms with Crippen molar-refractivity contribution in [2.24, 2.45) is 5.41 Å². The van der Waals surface area contributed by atoms with Gasteiger partial charge in [0, 0.05) is 17.5 Å². The van der Waals surface area contributed by atoms with E-state index in [1.165, 1.54) is 6.08 Å². The zero-order chi connectivity index (χ0) is 32.7. The molecule has 45 heavy (non-hydrogen) atoms. The van der Waals surface area contributed by atoms with Gasteiger partial charge in [-0.2, -0.15) is 0 Å². The van der Waals surface area contributed by atoms with E-state index < -0.39 is 29.3 Å². The maximum Gasteiger partial charge on any atom is 0.338 e. The fourth-order valence-electron chi connectivity index (χ4n) is 4.61. The Morgan fingerprint density at radius 1 is 0.711 bits per heavy atom. The predicted octanol–water partition coefficient (Wildman–Crippen LogP) is 5.24. The monoisotopic (exact) mass is 616 g/mol. The van der Waals surface area contributed by atoms with Crippen LogP contribution in [0.4, 0.5) is 11.4 Å². The molecule has 3 aromatic carbocycles. The molecule has 5 N–H and O–H groups in total. The molecular weight excluding hydrogens is 576 g/mol. The van der Waals surface area contributed by atoms with Gasteiger partial charge in [-0.25, -0.2) is 9.59 Å². The molecule has 0 heterocycles. The minimum Gasteiger partial charge on any atom is -0.480 e. The Labute approximate surface area is 263 Å². The third-order valence-electron chi connectivity index (χ3n) is 7.12. The third kappa shape index (κ3) is 10.8. The van der Waals surface area contributed by atoms with E-state index in [1.807, 2.05) is 0 Å². The third-order valence-corrected chi connectivity index (χ3v) is 7.12. The smallest absolute Gasteiger partial charge is 0.338 e. The lowest BCUT2D eigenvalue weighted by atomic mass is 9.76. The van der Waals surface area contributed by atoms with E-state index in [9.17, 15) is 24.3 Å². The number of unbranched alkanes of at least 4 members (excludes halogenated alkanes) is 3. The molecule has 3 aromatic rings. The lowest BCUT2D eigenvalue weighted by molar-refractivity contribution is -0.169.